The SMILES string of the molecule is COc1ccc2nc(-c3cc(OC)c(OC)c(OC)c3)n(CCCN)c(=O)c2c1. The summed E-state index contributed by atoms with van der Waals surface area (Å²) in [6, 6.07) is 8.79. The predicted octanol–water partition coefficient (Wildman–Crippen LogP) is 2.45. The number of hydrogen-bond acceptors (Lipinski definition) is 7. The van der Waals surface area contributed by atoms with Crippen LogP contribution in [-0.2, 0) is 6.54 Å². The van der Waals surface area contributed by atoms with Crippen LogP contribution in [0.1, 0.15) is 6.42 Å². The van der Waals surface area contributed by atoms with E-state index in [0.717, 1.165) is 0 Å². The number of rotatable bonds is 8. The van der Waals surface area contributed by atoms with Crippen LogP contribution in [0.25, 0.3) is 22.3 Å². The van der Waals surface area contributed by atoms with Crippen molar-refractivity contribution in [3.8, 4) is 34.4 Å². The molecule has 0 bridgehead atoms. The lowest BCUT2D eigenvalue weighted by atomic mass is 10.1. The molecule has 154 valence electrons. The van der Waals surface area contributed by atoms with Crippen molar-refractivity contribution in [3.05, 3.63) is 40.7 Å². The third kappa shape index (κ3) is 3.84. The molecule has 2 N–H and O–H groups in total. The molecule has 0 radical (unpaired) electrons. The molecule has 0 fully saturated rings. The topological polar surface area (TPSA) is 97.8 Å². The molecule has 0 aliphatic carbocycles. The van der Waals surface area contributed by atoms with E-state index in [1.54, 1.807) is 63.3 Å². The number of ether oxygens (including phenoxy) is 4. The van der Waals surface area contributed by atoms with Crippen molar-refractivity contribution < 1.29 is 18.9 Å². The molecule has 1 aromatic heterocycles. The van der Waals surface area contributed by atoms with E-state index in [4.69, 9.17) is 29.7 Å². The highest BCUT2D eigenvalue weighted by molar-refractivity contribution is 5.81. The lowest BCUT2D eigenvalue weighted by Gasteiger charge is -2.17. The Kier molecular flexibility index (Phi) is 6.23. The van der Waals surface area contributed by atoms with E-state index in [0.29, 0.717) is 64.8 Å². The van der Waals surface area contributed by atoms with Crippen LogP contribution in [0.4, 0.5) is 0 Å². The van der Waals surface area contributed by atoms with Crippen LogP contribution in [0.15, 0.2) is 35.1 Å². The fourth-order valence-corrected chi connectivity index (χ4v) is 3.21. The molecule has 29 heavy (non-hydrogen) atoms. The van der Waals surface area contributed by atoms with E-state index in [1.807, 2.05) is 0 Å². The number of aromatic nitrogens is 2. The Hall–Kier alpha value is -3.26. The maximum atomic E-state index is 13.3. The summed E-state index contributed by atoms with van der Waals surface area (Å²) in [5, 5.41) is 0.484. The average Bonchev–Trinajstić information content (AvgIpc) is 2.76. The molecular weight excluding hydrogens is 374 g/mol. The van der Waals surface area contributed by atoms with Crippen LogP contribution in [0.5, 0.6) is 23.0 Å². The molecule has 0 aliphatic rings. The smallest absolute Gasteiger partial charge is 0.261 e. The summed E-state index contributed by atoms with van der Waals surface area (Å²) < 4.78 is 23.2. The second-order valence-electron chi connectivity index (χ2n) is 6.33. The number of hydrogen-bond donors (Lipinski definition) is 1. The maximum absolute atomic E-state index is 13.3. The molecule has 0 amide bonds. The zero-order chi connectivity index (χ0) is 21.0. The van der Waals surface area contributed by atoms with Crippen LogP contribution in [-0.4, -0.2) is 44.5 Å². The standard InChI is InChI=1S/C21H25N3O5/c1-26-14-6-7-16-15(12-14)21(25)24(9-5-8-22)20(23-16)13-10-17(27-2)19(29-4)18(11-13)28-3/h6-7,10-12H,5,8-9,22H2,1-4H3. The van der Waals surface area contributed by atoms with Crippen LogP contribution in [0.2, 0.25) is 0 Å². The Labute approximate surface area is 168 Å². The molecule has 0 saturated heterocycles. The van der Waals surface area contributed by atoms with E-state index < -0.39 is 0 Å². The van der Waals surface area contributed by atoms with Crippen molar-refractivity contribution in [2.24, 2.45) is 5.73 Å². The van der Waals surface area contributed by atoms with Gasteiger partial charge in [0.05, 0.1) is 39.3 Å². The maximum Gasteiger partial charge on any atom is 0.261 e. The van der Waals surface area contributed by atoms with E-state index >= 15 is 0 Å². The van der Waals surface area contributed by atoms with Gasteiger partial charge in [-0.3, -0.25) is 9.36 Å². The van der Waals surface area contributed by atoms with Gasteiger partial charge in [-0.15, -0.1) is 0 Å². The molecule has 8 heteroatoms. The van der Waals surface area contributed by atoms with E-state index in [9.17, 15) is 4.79 Å². The molecule has 1 heterocycles. The lowest BCUT2D eigenvalue weighted by Crippen LogP contribution is -2.24. The number of nitrogens with two attached hydrogens (primary N) is 1. The van der Waals surface area contributed by atoms with Crippen molar-refractivity contribution in [1.82, 2.24) is 9.55 Å². The highest BCUT2D eigenvalue weighted by Crippen LogP contribution is 2.40. The third-order valence-corrected chi connectivity index (χ3v) is 4.67. The highest BCUT2D eigenvalue weighted by Gasteiger charge is 2.19. The minimum absolute atomic E-state index is 0.161. The molecule has 0 spiro atoms. The fraction of sp³-hybridized carbons (Fsp3) is 0.333. The Bertz CT molecular complexity index is 1050. The molecule has 3 aromatic rings. The van der Waals surface area contributed by atoms with E-state index in [-0.39, 0.29) is 5.56 Å². The number of nitrogens with zero attached hydrogens (tertiary/aromatic N) is 2. The first-order valence-electron chi connectivity index (χ1n) is 9.17. The molecule has 3 rings (SSSR count). The van der Waals surface area contributed by atoms with Gasteiger partial charge in [0.25, 0.3) is 5.56 Å². The van der Waals surface area contributed by atoms with Gasteiger partial charge in [0.15, 0.2) is 11.5 Å². The van der Waals surface area contributed by atoms with Crippen molar-refractivity contribution in [3.63, 3.8) is 0 Å². The zero-order valence-corrected chi connectivity index (χ0v) is 17.0. The molecule has 0 aliphatic heterocycles. The molecular formula is C21H25N3O5. The largest absolute Gasteiger partial charge is 0.497 e. The Morgan fingerprint density at radius 3 is 2.21 bits per heavy atom. The predicted molar refractivity (Wildman–Crippen MR) is 111 cm³/mol. The lowest BCUT2D eigenvalue weighted by molar-refractivity contribution is 0.324. The number of fused-ring (bicyclic) bond motifs is 1. The van der Waals surface area contributed by atoms with Gasteiger partial charge in [0.1, 0.15) is 11.6 Å². The summed E-state index contributed by atoms with van der Waals surface area (Å²) in [5.41, 5.74) is 6.77. The van der Waals surface area contributed by atoms with E-state index in [2.05, 4.69) is 0 Å². The monoisotopic (exact) mass is 399 g/mol. The van der Waals surface area contributed by atoms with Gasteiger partial charge in [-0.05, 0) is 43.3 Å². The van der Waals surface area contributed by atoms with Crippen LogP contribution < -0.4 is 30.2 Å². The first kappa shape index (κ1) is 20.5. The Morgan fingerprint density at radius 1 is 0.966 bits per heavy atom. The first-order valence-corrected chi connectivity index (χ1v) is 9.17. The van der Waals surface area contributed by atoms with Crippen molar-refractivity contribution in [2.75, 3.05) is 35.0 Å². The summed E-state index contributed by atoms with van der Waals surface area (Å²) in [4.78, 5) is 18.0. The van der Waals surface area contributed by atoms with Crippen LogP contribution in [0.3, 0.4) is 0 Å². The molecule has 0 unspecified atom stereocenters. The number of methoxy groups -OCH3 is 4. The third-order valence-electron chi connectivity index (χ3n) is 4.67. The van der Waals surface area contributed by atoms with Crippen molar-refractivity contribution >= 4 is 10.9 Å². The van der Waals surface area contributed by atoms with Gasteiger partial charge in [0.2, 0.25) is 5.75 Å². The molecule has 0 atom stereocenters. The normalized spacial score (nSPS) is 10.8. The molecule has 8 nitrogen and oxygen atoms in total. The first-order chi connectivity index (χ1) is 14.1. The van der Waals surface area contributed by atoms with Gasteiger partial charge in [-0.25, -0.2) is 4.98 Å². The van der Waals surface area contributed by atoms with Gasteiger partial charge < -0.3 is 24.7 Å². The minimum atomic E-state index is -0.161. The van der Waals surface area contributed by atoms with Crippen molar-refractivity contribution in [2.45, 2.75) is 13.0 Å². The van der Waals surface area contributed by atoms with Crippen molar-refractivity contribution in [1.29, 1.82) is 0 Å². The highest BCUT2D eigenvalue weighted by atomic mass is 16.5. The van der Waals surface area contributed by atoms with Gasteiger partial charge in [0, 0.05) is 12.1 Å². The van der Waals surface area contributed by atoms with Gasteiger partial charge >= 0.3 is 0 Å². The second kappa shape index (κ2) is 8.83. The summed E-state index contributed by atoms with van der Waals surface area (Å²) >= 11 is 0. The molecule has 0 saturated carbocycles. The average molecular weight is 399 g/mol. The van der Waals surface area contributed by atoms with E-state index in [1.165, 1.54) is 0 Å². The molecule has 2 aromatic carbocycles. The summed E-state index contributed by atoms with van der Waals surface area (Å²) in [6.45, 7) is 0.888. The van der Waals surface area contributed by atoms with Gasteiger partial charge in [-0.2, -0.15) is 0 Å². The second-order valence-corrected chi connectivity index (χ2v) is 6.33. The van der Waals surface area contributed by atoms with Crippen LogP contribution >= 0.6 is 0 Å². The van der Waals surface area contributed by atoms with Crippen LogP contribution in [0, 0.1) is 0 Å². The summed E-state index contributed by atoms with van der Waals surface area (Å²) in [6.07, 6.45) is 0.633. The van der Waals surface area contributed by atoms with Gasteiger partial charge in [-0.1, -0.05) is 0 Å². The number of benzene rings is 2. The minimum Gasteiger partial charge on any atom is -0.497 e. The zero-order valence-electron chi connectivity index (χ0n) is 17.0. The fourth-order valence-electron chi connectivity index (χ4n) is 3.21. The summed E-state index contributed by atoms with van der Waals surface area (Å²) in [7, 11) is 6.19. The quantitative estimate of drug-likeness (QED) is 0.621. The Morgan fingerprint density at radius 2 is 1.66 bits per heavy atom. The Balaban J connectivity index is 2.31. The summed E-state index contributed by atoms with van der Waals surface area (Å²) in [5.74, 6) is 2.54.